The maximum atomic E-state index is 12.6. The topological polar surface area (TPSA) is 65.2 Å². The van der Waals surface area contributed by atoms with Gasteiger partial charge in [0.1, 0.15) is 5.69 Å². The zero-order valence-electron chi connectivity index (χ0n) is 16.4. The summed E-state index contributed by atoms with van der Waals surface area (Å²) in [6.45, 7) is 12.8. The number of aromatic nitrogens is 1. The Bertz CT molecular complexity index is 789. The van der Waals surface area contributed by atoms with E-state index in [1.165, 1.54) is 12.5 Å². The molecule has 0 spiro atoms. The van der Waals surface area contributed by atoms with Crippen LogP contribution in [0.25, 0.3) is 0 Å². The van der Waals surface area contributed by atoms with E-state index in [9.17, 15) is 9.59 Å². The van der Waals surface area contributed by atoms with Crippen molar-refractivity contribution in [2.24, 2.45) is 0 Å². The van der Waals surface area contributed by atoms with Gasteiger partial charge in [-0.2, -0.15) is 0 Å². The molecule has 0 radical (unpaired) electrons. The first-order valence-corrected chi connectivity index (χ1v) is 9.16. The molecule has 5 heteroatoms. The molecule has 0 aliphatic heterocycles. The molecule has 1 aromatic heterocycles. The maximum Gasteiger partial charge on any atom is 0.268 e. The van der Waals surface area contributed by atoms with E-state index in [2.05, 4.69) is 35.1 Å². The molecule has 0 unspecified atom stereocenters. The number of nitrogens with zero attached hydrogens (tertiary/aromatic N) is 1. The molecule has 5 nitrogen and oxygen atoms in total. The van der Waals surface area contributed by atoms with Gasteiger partial charge in [0.15, 0.2) is 5.78 Å². The second kappa shape index (κ2) is 8.81. The molecule has 1 heterocycles. The summed E-state index contributed by atoms with van der Waals surface area (Å²) < 4.78 is 0. The van der Waals surface area contributed by atoms with Gasteiger partial charge in [-0.1, -0.05) is 38.1 Å². The van der Waals surface area contributed by atoms with Crippen LogP contribution in [-0.2, 0) is 13.1 Å². The lowest BCUT2D eigenvalue weighted by atomic mass is 10.1. The molecular weight excluding hydrogens is 326 g/mol. The Morgan fingerprint density at radius 1 is 1.08 bits per heavy atom. The maximum absolute atomic E-state index is 12.6. The minimum absolute atomic E-state index is 0.0279. The third-order valence-corrected chi connectivity index (χ3v) is 4.86. The summed E-state index contributed by atoms with van der Waals surface area (Å²) in [5, 5.41) is 2.99. The molecular formula is C21H29N3O2. The van der Waals surface area contributed by atoms with Gasteiger partial charge in [-0.05, 0) is 50.6 Å². The van der Waals surface area contributed by atoms with Crippen LogP contribution in [0, 0.1) is 13.8 Å². The van der Waals surface area contributed by atoms with Crippen LogP contribution in [-0.4, -0.2) is 34.7 Å². The van der Waals surface area contributed by atoms with Crippen molar-refractivity contribution < 1.29 is 9.59 Å². The third kappa shape index (κ3) is 4.41. The largest absolute Gasteiger partial charge is 0.354 e. The van der Waals surface area contributed by atoms with Crippen molar-refractivity contribution in [1.82, 2.24) is 15.2 Å². The Morgan fingerprint density at radius 2 is 1.69 bits per heavy atom. The summed E-state index contributed by atoms with van der Waals surface area (Å²) in [6.07, 6.45) is 0. The highest BCUT2D eigenvalue weighted by atomic mass is 16.2. The minimum Gasteiger partial charge on any atom is -0.354 e. The molecule has 0 atom stereocenters. The number of carbonyl (C=O) groups is 2. The minimum atomic E-state index is -0.184. The monoisotopic (exact) mass is 355 g/mol. The number of hydrogen-bond acceptors (Lipinski definition) is 3. The molecule has 2 N–H and O–H groups in total. The van der Waals surface area contributed by atoms with Crippen LogP contribution in [0.15, 0.2) is 24.3 Å². The number of H-pyrrole nitrogens is 1. The lowest BCUT2D eigenvalue weighted by Crippen LogP contribution is -2.26. The number of aryl methyl sites for hydroxylation is 1. The number of ketones is 1. The van der Waals surface area contributed by atoms with Crippen LogP contribution in [0.4, 0.5) is 0 Å². The van der Waals surface area contributed by atoms with Crippen LogP contribution in [0.3, 0.4) is 0 Å². The SMILES string of the molecule is CCN(CC)Cc1ccccc1CNC(=O)c1[nH]c(C)c(C(C)=O)c1C. The average Bonchev–Trinajstić information content (AvgIpc) is 2.92. The second-order valence-electron chi connectivity index (χ2n) is 6.59. The van der Waals surface area contributed by atoms with E-state index in [1.54, 1.807) is 0 Å². The molecule has 1 amide bonds. The van der Waals surface area contributed by atoms with Crippen LogP contribution >= 0.6 is 0 Å². The second-order valence-corrected chi connectivity index (χ2v) is 6.59. The van der Waals surface area contributed by atoms with Crippen LogP contribution in [0.1, 0.15) is 64.0 Å². The predicted molar refractivity (Wildman–Crippen MR) is 105 cm³/mol. The van der Waals surface area contributed by atoms with Gasteiger partial charge in [-0.25, -0.2) is 0 Å². The number of aromatic amines is 1. The number of hydrogen-bond donors (Lipinski definition) is 2. The van der Waals surface area contributed by atoms with E-state index in [1.807, 2.05) is 32.0 Å². The van der Waals surface area contributed by atoms with Crippen molar-refractivity contribution in [1.29, 1.82) is 0 Å². The molecule has 0 fully saturated rings. The zero-order valence-corrected chi connectivity index (χ0v) is 16.4. The smallest absolute Gasteiger partial charge is 0.268 e. The van der Waals surface area contributed by atoms with Gasteiger partial charge >= 0.3 is 0 Å². The van der Waals surface area contributed by atoms with Gasteiger partial charge in [0.25, 0.3) is 5.91 Å². The van der Waals surface area contributed by atoms with E-state index in [-0.39, 0.29) is 11.7 Å². The molecule has 1 aromatic carbocycles. The number of benzene rings is 1. The number of amides is 1. The first-order chi connectivity index (χ1) is 12.4. The van der Waals surface area contributed by atoms with Crippen molar-refractivity contribution in [3.8, 4) is 0 Å². The van der Waals surface area contributed by atoms with Crippen LogP contribution in [0.2, 0.25) is 0 Å². The van der Waals surface area contributed by atoms with Gasteiger partial charge < -0.3 is 10.3 Å². The highest BCUT2D eigenvalue weighted by Gasteiger charge is 2.19. The van der Waals surface area contributed by atoms with E-state index < -0.39 is 0 Å². The normalized spacial score (nSPS) is 11.0. The Hall–Kier alpha value is -2.40. The molecule has 2 rings (SSSR count). The molecule has 0 saturated heterocycles. The fourth-order valence-corrected chi connectivity index (χ4v) is 3.34. The summed E-state index contributed by atoms with van der Waals surface area (Å²) >= 11 is 0. The quantitative estimate of drug-likeness (QED) is 0.711. The number of nitrogens with one attached hydrogen (secondary N) is 2. The molecule has 26 heavy (non-hydrogen) atoms. The predicted octanol–water partition coefficient (Wildman–Crippen LogP) is 3.61. The first kappa shape index (κ1) is 19.9. The van der Waals surface area contributed by atoms with E-state index in [4.69, 9.17) is 0 Å². The fraction of sp³-hybridized carbons (Fsp3) is 0.429. The van der Waals surface area contributed by atoms with Gasteiger partial charge in [-0.15, -0.1) is 0 Å². The molecule has 140 valence electrons. The summed E-state index contributed by atoms with van der Waals surface area (Å²) in [4.78, 5) is 29.8. The van der Waals surface area contributed by atoms with Crippen molar-refractivity contribution in [2.45, 2.75) is 47.7 Å². The zero-order chi connectivity index (χ0) is 19.3. The summed E-state index contributed by atoms with van der Waals surface area (Å²) in [5.74, 6) is -0.212. The van der Waals surface area contributed by atoms with Crippen molar-refractivity contribution >= 4 is 11.7 Å². The number of Topliss-reactive ketones (excluding diaryl/α,β-unsaturated/α-hetero) is 1. The lowest BCUT2D eigenvalue weighted by Gasteiger charge is -2.20. The molecule has 0 aliphatic carbocycles. The molecule has 0 aliphatic rings. The highest BCUT2D eigenvalue weighted by molar-refractivity contribution is 6.02. The van der Waals surface area contributed by atoms with Gasteiger partial charge in [0.05, 0.1) is 0 Å². The van der Waals surface area contributed by atoms with Crippen LogP contribution in [0.5, 0.6) is 0 Å². The summed E-state index contributed by atoms with van der Waals surface area (Å²) in [5.41, 5.74) is 4.86. The Morgan fingerprint density at radius 3 is 2.23 bits per heavy atom. The lowest BCUT2D eigenvalue weighted by molar-refractivity contribution is 0.0945. The van der Waals surface area contributed by atoms with E-state index >= 15 is 0 Å². The average molecular weight is 355 g/mol. The van der Waals surface area contributed by atoms with Crippen molar-refractivity contribution in [3.63, 3.8) is 0 Å². The standard InChI is InChI=1S/C21H29N3O2/c1-6-24(7-2)13-18-11-9-8-10-17(18)12-22-21(26)20-14(3)19(16(5)25)15(4)23-20/h8-11,23H,6-7,12-13H2,1-5H3,(H,22,26). The first-order valence-electron chi connectivity index (χ1n) is 9.16. The van der Waals surface area contributed by atoms with E-state index in [0.29, 0.717) is 23.4 Å². The third-order valence-electron chi connectivity index (χ3n) is 4.86. The van der Waals surface area contributed by atoms with Gasteiger partial charge in [0, 0.05) is 24.3 Å². The Labute approximate surface area is 155 Å². The molecule has 2 aromatic rings. The Kier molecular flexibility index (Phi) is 6.75. The molecule has 0 saturated carbocycles. The highest BCUT2D eigenvalue weighted by Crippen LogP contribution is 2.19. The van der Waals surface area contributed by atoms with Crippen molar-refractivity contribution in [2.75, 3.05) is 13.1 Å². The van der Waals surface area contributed by atoms with Gasteiger partial charge in [0.2, 0.25) is 0 Å². The summed E-state index contributed by atoms with van der Waals surface area (Å²) in [6, 6.07) is 8.18. The van der Waals surface area contributed by atoms with Crippen LogP contribution < -0.4 is 5.32 Å². The number of rotatable bonds is 8. The summed E-state index contributed by atoms with van der Waals surface area (Å²) in [7, 11) is 0. The molecule has 0 bridgehead atoms. The van der Waals surface area contributed by atoms with Gasteiger partial charge in [-0.3, -0.25) is 14.5 Å². The van der Waals surface area contributed by atoms with E-state index in [0.717, 1.165) is 30.9 Å². The Balaban J connectivity index is 2.13. The fourth-order valence-electron chi connectivity index (χ4n) is 3.34. The van der Waals surface area contributed by atoms with Crippen molar-refractivity contribution in [3.05, 3.63) is 57.9 Å². The number of carbonyl (C=O) groups excluding carboxylic acids is 2.